The molecule has 0 bridgehead atoms. The van der Waals surface area contributed by atoms with Crippen molar-refractivity contribution in [2.45, 2.75) is 312 Å². The van der Waals surface area contributed by atoms with E-state index < -0.39 is 86.8 Å². The fourth-order valence-corrected chi connectivity index (χ4v) is 10.1. The number of carbonyl (C=O) groups is 1. The number of amides is 1. The number of aliphatic hydroxyl groups excluding tert-OH is 8. The SMILES string of the molecule is CC/C=C\C/C=C\C/C=C\C/C=C\C/C=C\CCCC(=O)NC(COC1OC(CO)C(OC2OC(CO)C(O)C(O)C2O)C(O)C1O)C(O)/C=C/CCCCCCCCCCCCCCCCCCCCCCCCCCCC. The zero-order chi connectivity index (χ0) is 57.4. The van der Waals surface area contributed by atoms with Gasteiger partial charge >= 0.3 is 0 Å². The third-order valence-electron chi connectivity index (χ3n) is 15.1. The van der Waals surface area contributed by atoms with Gasteiger partial charge in [0.15, 0.2) is 12.6 Å². The van der Waals surface area contributed by atoms with Gasteiger partial charge in [-0.2, -0.15) is 0 Å². The molecule has 2 aliphatic heterocycles. The molecule has 14 nitrogen and oxygen atoms in total. The van der Waals surface area contributed by atoms with Crippen molar-refractivity contribution in [1.82, 2.24) is 5.32 Å². The molecule has 9 N–H and O–H groups in total. The molecule has 0 saturated carbocycles. The number of hydrogen-bond donors (Lipinski definition) is 9. The van der Waals surface area contributed by atoms with Crippen molar-refractivity contribution in [3.05, 3.63) is 72.9 Å². The summed E-state index contributed by atoms with van der Waals surface area (Å²) in [6, 6.07) is -0.949. The second-order valence-corrected chi connectivity index (χ2v) is 22.2. The quantitative estimate of drug-likeness (QED) is 0.0204. The van der Waals surface area contributed by atoms with Gasteiger partial charge in [-0.3, -0.25) is 4.79 Å². The molecule has 0 radical (unpaired) electrons. The smallest absolute Gasteiger partial charge is 0.220 e. The van der Waals surface area contributed by atoms with E-state index in [1.54, 1.807) is 6.08 Å². The van der Waals surface area contributed by atoms with Gasteiger partial charge in [0.25, 0.3) is 0 Å². The fourth-order valence-electron chi connectivity index (χ4n) is 10.1. The summed E-state index contributed by atoms with van der Waals surface area (Å²) in [5.74, 6) is -0.296. The van der Waals surface area contributed by atoms with Crippen molar-refractivity contribution in [2.75, 3.05) is 19.8 Å². The molecule has 2 rings (SSSR count). The normalized spacial score (nSPS) is 24.9. The maximum absolute atomic E-state index is 13.2. The van der Waals surface area contributed by atoms with Gasteiger partial charge < -0.3 is 65.1 Å². The molecule has 1 amide bonds. The Morgan fingerprint density at radius 1 is 0.468 bits per heavy atom. The number of unbranched alkanes of at least 4 members (excludes halogenated alkanes) is 27. The minimum Gasteiger partial charge on any atom is -0.394 e. The molecule has 458 valence electrons. The summed E-state index contributed by atoms with van der Waals surface area (Å²) in [5, 5.41) is 87.1. The second-order valence-electron chi connectivity index (χ2n) is 22.2. The highest BCUT2D eigenvalue weighted by Gasteiger charge is 2.51. The van der Waals surface area contributed by atoms with Gasteiger partial charge in [0.05, 0.1) is 32.0 Å². The first-order chi connectivity index (χ1) is 38.6. The van der Waals surface area contributed by atoms with E-state index in [-0.39, 0.29) is 18.9 Å². The van der Waals surface area contributed by atoms with Crippen LogP contribution < -0.4 is 5.32 Å². The van der Waals surface area contributed by atoms with Crippen LogP contribution in [0.4, 0.5) is 0 Å². The van der Waals surface area contributed by atoms with Crippen LogP contribution in [-0.2, 0) is 23.7 Å². The Kier molecular flexibility index (Phi) is 45.9. The highest BCUT2D eigenvalue weighted by molar-refractivity contribution is 5.76. The molecule has 2 aliphatic rings. The van der Waals surface area contributed by atoms with Gasteiger partial charge in [0.1, 0.15) is 48.8 Å². The summed E-state index contributed by atoms with van der Waals surface area (Å²) in [7, 11) is 0. The summed E-state index contributed by atoms with van der Waals surface area (Å²) >= 11 is 0. The van der Waals surface area contributed by atoms with Crippen molar-refractivity contribution >= 4 is 5.91 Å². The van der Waals surface area contributed by atoms with Crippen LogP contribution in [0, 0.1) is 0 Å². The Morgan fingerprint density at radius 3 is 1.33 bits per heavy atom. The lowest BCUT2D eigenvalue weighted by molar-refractivity contribution is -0.359. The third-order valence-corrected chi connectivity index (χ3v) is 15.1. The van der Waals surface area contributed by atoms with Gasteiger partial charge in [0, 0.05) is 6.42 Å². The molecular formula is C65H115NO13. The van der Waals surface area contributed by atoms with Crippen LogP contribution >= 0.6 is 0 Å². The summed E-state index contributed by atoms with van der Waals surface area (Å²) in [5.41, 5.74) is 0. The Balaban J connectivity index is 1.73. The predicted molar refractivity (Wildman–Crippen MR) is 318 cm³/mol. The average molecular weight is 1120 g/mol. The number of nitrogens with one attached hydrogen (secondary N) is 1. The van der Waals surface area contributed by atoms with E-state index in [0.29, 0.717) is 12.8 Å². The highest BCUT2D eigenvalue weighted by Crippen LogP contribution is 2.30. The van der Waals surface area contributed by atoms with E-state index in [2.05, 4.69) is 73.8 Å². The Hall–Kier alpha value is -2.57. The number of hydrogen-bond acceptors (Lipinski definition) is 13. The van der Waals surface area contributed by atoms with E-state index >= 15 is 0 Å². The van der Waals surface area contributed by atoms with Gasteiger partial charge in [-0.15, -0.1) is 0 Å². The van der Waals surface area contributed by atoms with Crippen molar-refractivity contribution in [3.63, 3.8) is 0 Å². The van der Waals surface area contributed by atoms with Crippen LogP contribution in [-0.4, -0.2) is 140 Å². The molecule has 2 heterocycles. The van der Waals surface area contributed by atoms with Crippen LogP contribution in [0.5, 0.6) is 0 Å². The van der Waals surface area contributed by atoms with Crippen molar-refractivity contribution in [2.24, 2.45) is 0 Å². The monoisotopic (exact) mass is 1120 g/mol. The Bertz CT molecular complexity index is 1600. The minimum absolute atomic E-state index is 0.200. The first kappa shape index (κ1) is 72.5. The summed E-state index contributed by atoms with van der Waals surface area (Å²) in [4.78, 5) is 13.2. The van der Waals surface area contributed by atoms with E-state index in [1.807, 2.05) is 12.2 Å². The fraction of sp³-hybridized carbons (Fsp3) is 0.800. The van der Waals surface area contributed by atoms with Crippen LogP contribution in [0.15, 0.2) is 72.9 Å². The second kappa shape index (κ2) is 50.0. The van der Waals surface area contributed by atoms with Gasteiger partial charge in [-0.1, -0.05) is 247 Å². The zero-order valence-electron chi connectivity index (χ0n) is 49.3. The number of aliphatic hydroxyl groups is 8. The number of rotatable bonds is 50. The van der Waals surface area contributed by atoms with E-state index in [0.717, 1.165) is 51.4 Å². The van der Waals surface area contributed by atoms with Crippen molar-refractivity contribution in [1.29, 1.82) is 0 Å². The van der Waals surface area contributed by atoms with Crippen LogP contribution in [0.3, 0.4) is 0 Å². The highest BCUT2D eigenvalue weighted by atomic mass is 16.7. The number of ether oxygens (including phenoxy) is 4. The molecule has 12 unspecified atom stereocenters. The molecule has 0 aromatic rings. The van der Waals surface area contributed by atoms with Crippen LogP contribution in [0.25, 0.3) is 0 Å². The lowest BCUT2D eigenvalue weighted by Crippen LogP contribution is -2.65. The molecule has 0 aromatic carbocycles. The first-order valence-electron chi connectivity index (χ1n) is 31.7. The van der Waals surface area contributed by atoms with Crippen LogP contribution in [0.1, 0.15) is 239 Å². The van der Waals surface area contributed by atoms with E-state index in [1.165, 1.54) is 154 Å². The molecule has 0 spiro atoms. The number of carbonyl (C=O) groups excluding carboxylic acids is 1. The van der Waals surface area contributed by atoms with Crippen molar-refractivity contribution in [3.8, 4) is 0 Å². The molecule has 0 aromatic heterocycles. The Labute approximate surface area is 478 Å². The van der Waals surface area contributed by atoms with Gasteiger partial charge in [0.2, 0.25) is 5.91 Å². The first-order valence-corrected chi connectivity index (χ1v) is 31.7. The average Bonchev–Trinajstić information content (AvgIpc) is 3.47. The largest absolute Gasteiger partial charge is 0.394 e. The molecule has 0 aliphatic carbocycles. The topological polar surface area (TPSA) is 228 Å². The van der Waals surface area contributed by atoms with Crippen molar-refractivity contribution < 1.29 is 64.6 Å². The maximum Gasteiger partial charge on any atom is 0.220 e. The van der Waals surface area contributed by atoms with E-state index in [9.17, 15) is 45.6 Å². The summed E-state index contributed by atoms with van der Waals surface area (Å²) in [6.07, 6.45) is 49.6. The molecular weight excluding hydrogens is 1000 g/mol. The van der Waals surface area contributed by atoms with E-state index in [4.69, 9.17) is 18.9 Å². The van der Waals surface area contributed by atoms with Gasteiger partial charge in [-0.05, 0) is 57.8 Å². The zero-order valence-corrected chi connectivity index (χ0v) is 49.3. The molecule has 2 fully saturated rings. The van der Waals surface area contributed by atoms with Gasteiger partial charge in [-0.25, -0.2) is 0 Å². The molecule has 79 heavy (non-hydrogen) atoms. The predicted octanol–water partition coefficient (Wildman–Crippen LogP) is 11.5. The number of allylic oxidation sites excluding steroid dienone is 11. The van der Waals surface area contributed by atoms with Crippen LogP contribution in [0.2, 0.25) is 0 Å². The lowest BCUT2D eigenvalue weighted by atomic mass is 9.97. The Morgan fingerprint density at radius 2 is 0.873 bits per heavy atom. The maximum atomic E-state index is 13.2. The molecule has 14 heteroatoms. The molecule has 12 atom stereocenters. The third kappa shape index (κ3) is 35.2. The lowest BCUT2D eigenvalue weighted by Gasteiger charge is -2.46. The molecule has 2 saturated heterocycles. The minimum atomic E-state index is -1.80. The summed E-state index contributed by atoms with van der Waals surface area (Å²) in [6.45, 7) is 2.66. The summed E-state index contributed by atoms with van der Waals surface area (Å²) < 4.78 is 22.8. The standard InChI is InChI=1S/C65H115NO13/c1-3-5-7-9-11-13-15-17-19-21-22-23-24-25-26-27-28-29-30-31-33-34-36-38-40-42-44-46-48-54(69)53(66-57(70)49-47-45-43-41-39-37-35-32-20-18-16-14-12-10-8-6-4-2)52-76-64-62(75)60(73)63(56(51-68)78-64)79-65-61(74)59(72)58(71)55(50-67)77-65/h6,8,12,14,18,20,35,37,41,43,46,48,53-56,58-65,67-69,71-75H,3-5,7,9-11,13,15-17,19,21-34,36,38-40,42,44-45,47,49-52H2,1-2H3,(H,66,70)/b8-6-,14-12-,20-18-,37-35-,43-41-,48-46+.